The standard InChI is InChI=1S/C34H62O8/c1-12-23(9)29(21(5)6)33(10,16-14-27(35)36)41-25-18-39-32-26(19-40-31(25)32)42-34(11,17-15-28(37)38)30(22(7)8)24(13-2)20(3)4/h20-26,29-32H,12-19H2,1-11H3,(H,35,36)(H,37,38)/t23?,24?,25-,26-,29?,30?,31-,32-,33?,34?/m1/s1. The van der Waals surface area contributed by atoms with Crippen molar-refractivity contribution >= 4 is 11.9 Å². The van der Waals surface area contributed by atoms with E-state index in [1.165, 1.54) is 0 Å². The summed E-state index contributed by atoms with van der Waals surface area (Å²) in [5, 5.41) is 19.2. The minimum absolute atomic E-state index is 0.0383. The second-order valence-corrected chi connectivity index (χ2v) is 14.6. The van der Waals surface area contributed by atoms with Crippen LogP contribution in [-0.4, -0.2) is 71.0 Å². The Kier molecular flexibility index (Phi) is 13.8. The van der Waals surface area contributed by atoms with Gasteiger partial charge in [-0.2, -0.15) is 0 Å². The van der Waals surface area contributed by atoms with Gasteiger partial charge < -0.3 is 29.2 Å². The number of aliphatic carboxylic acids is 2. The second-order valence-electron chi connectivity index (χ2n) is 14.6. The highest BCUT2D eigenvalue weighted by Gasteiger charge is 2.55. The maximum atomic E-state index is 11.7. The van der Waals surface area contributed by atoms with Crippen LogP contribution in [0.2, 0.25) is 0 Å². The van der Waals surface area contributed by atoms with Gasteiger partial charge in [-0.05, 0) is 68.1 Å². The Hall–Kier alpha value is -1.22. The van der Waals surface area contributed by atoms with Crippen molar-refractivity contribution in [2.75, 3.05) is 13.2 Å². The molecule has 0 bridgehead atoms. The Morgan fingerprint density at radius 2 is 1.12 bits per heavy atom. The summed E-state index contributed by atoms with van der Waals surface area (Å²) in [6, 6.07) is 0. The van der Waals surface area contributed by atoms with Crippen LogP contribution in [0.15, 0.2) is 0 Å². The number of fused-ring (bicyclic) bond motifs is 1. The summed E-state index contributed by atoms with van der Waals surface area (Å²) in [6.07, 6.45) is 1.57. The zero-order chi connectivity index (χ0) is 32.0. The molecule has 2 heterocycles. The van der Waals surface area contributed by atoms with Crippen LogP contribution in [0.25, 0.3) is 0 Å². The number of hydrogen-bond acceptors (Lipinski definition) is 6. The van der Waals surface area contributed by atoms with Crippen molar-refractivity contribution in [1.29, 1.82) is 0 Å². The van der Waals surface area contributed by atoms with Crippen LogP contribution in [0, 0.1) is 41.4 Å². The Balaban J connectivity index is 2.34. The molecule has 2 N–H and O–H groups in total. The quantitative estimate of drug-likeness (QED) is 0.162. The average Bonchev–Trinajstić information content (AvgIpc) is 3.47. The molecule has 0 aromatic heterocycles. The number of ether oxygens (including phenoxy) is 4. The summed E-state index contributed by atoms with van der Waals surface area (Å²) >= 11 is 0. The second kappa shape index (κ2) is 15.7. The summed E-state index contributed by atoms with van der Waals surface area (Å²) in [6.45, 7) is 24.7. The molecule has 8 nitrogen and oxygen atoms in total. The van der Waals surface area contributed by atoms with Gasteiger partial charge in [0.05, 0.1) is 24.4 Å². The van der Waals surface area contributed by atoms with E-state index in [1.54, 1.807) is 0 Å². The zero-order valence-corrected chi connectivity index (χ0v) is 28.4. The molecular formula is C34H62O8. The van der Waals surface area contributed by atoms with E-state index in [2.05, 4.69) is 76.2 Å². The van der Waals surface area contributed by atoms with Crippen LogP contribution in [0.3, 0.4) is 0 Å². The fourth-order valence-corrected chi connectivity index (χ4v) is 8.65. The third kappa shape index (κ3) is 8.92. The lowest BCUT2D eigenvalue weighted by molar-refractivity contribution is -0.181. The van der Waals surface area contributed by atoms with Crippen molar-refractivity contribution in [3.63, 3.8) is 0 Å². The average molecular weight is 599 g/mol. The zero-order valence-electron chi connectivity index (χ0n) is 28.4. The molecule has 0 spiro atoms. The lowest BCUT2D eigenvalue weighted by atomic mass is 9.66. The fourth-order valence-electron chi connectivity index (χ4n) is 8.65. The van der Waals surface area contributed by atoms with Gasteiger partial charge in [-0.25, -0.2) is 0 Å². The van der Waals surface area contributed by atoms with Crippen molar-refractivity contribution in [3.05, 3.63) is 0 Å². The van der Waals surface area contributed by atoms with E-state index >= 15 is 0 Å². The normalized spacial score (nSPS) is 28.3. The maximum absolute atomic E-state index is 11.7. The molecule has 2 aliphatic rings. The van der Waals surface area contributed by atoms with E-state index in [0.29, 0.717) is 55.6 Å². The number of carboxylic acids is 2. The fraction of sp³-hybridized carbons (Fsp3) is 0.941. The molecule has 246 valence electrons. The molecule has 0 saturated carbocycles. The minimum atomic E-state index is -0.824. The molecule has 2 fully saturated rings. The predicted octanol–water partition coefficient (Wildman–Crippen LogP) is 7.07. The topological polar surface area (TPSA) is 112 Å². The molecule has 0 aromatic rings. The Bertz CT molecular complexity index is 858. The highest BCUT2D eigenvalue weighted by Crippen LogP contribution is 2.46. The molecular weight excluding hydrogens is 536 g/mol. The van der Waals surface area contributed by atoms with Crippen molar-refractivity contribution < 1.29 is 38.7 Å². The summed E-state index contributed by atoms with van der Waals surface area (Å²) in [5.74, 6) is 0.479. The predicted molar refractivity (Wildman–Crippen MR) is 165 cm³/mol. The Morgan fingerprint density at radius 3 is 1.43 bits per heavy atom. The molecule has 0 amide bonds. The molecule has 0 aliphatic carbocycles. The van der Waals surface area contributed by atoms with Gasteiger partial charge in [0, 0.05) is 12.8 Å². The van der Waals surface area contributed by atoms with Gasteiger partial charge in [-0.1, -0.05) is 75.2 Å². The Morgan fingerprint density at radius 1 is 0.714 bits per heavy atom. The van der Waals surface area contributed by atoms with Crippen molar-refractivity contribution in [3.8, 4) is 0 Å². The first-order valence-electron chi connectivity index (χ1n) is 16.5. The van der Waals surface area contributed by atoms with E-state index in [9.17, 15) is 19.8 Å². The van der Waals surface area contributed by atoms with E-state index < -0.39 is 23.1 Å². The van der Waals surface area contributed by atoms with Gasteiger partial charge in [0.15, 0.2) is 0 Å². The smallest absolute Gasteiger partial charge is 0.303 e. The molecule has 0 aromatic carbocycles. The van der Waals surface area contributed by atoms with Gasteiger partial charge in [0.2, 0.25) is 0 Å². The number of hydrogen-bond donors (Lipinski definition) is 2. The van der Waals surface area contributed by atoms with Gasteiger partial charge in [0.1, 0.15) is 24.4 Å². The van der Waals surface area contributed by atoms with E-state index in [-0.39, 0.29) is 49.1 Å². The first kappa shape index (κ1) is 37.0. The van der Waals surface area contributed by atoms with Gasteiger partial charge >= 0.3 is 11.9 Å². The van der Waals surface area contributed by atoms with Crippen LogP contribution < -0.4 is 0 Å². The maximum Gasteiger partial charge on any atom is 0.303 e. The summed E-state index contributed by atoms with van der Waals surface area (Å²) in [7, 11) is 0. The first-order chi connectivity index (χ1) is 19.5. The molecule has 0 radical (unpaired) electrons. The first-order valence-corrected chi connectivity index (χ1v) is 16.5. The van der Waals surface area contributed by atoms with Crippen LogP contribution in [-0.2, 0) is 28.5 Å². The van der Waals surface area contributed by atoms with Gasteiger partial charge in [-0.3, -0.25) is 9.59 Å². The van der Waals surface area contributed by atoms with Crippen molar-refractivity contribution in [2.24, 2.45) is 41.4 Å². The highest BCUT2D eigenvalue weighted by molar-refractivity contribution is 5.67. The molecule has 2 aliphatic heterocycles. The van der Waals surface area contributed by atoms with Crippen LogP contribution in [0.1, 0.15) is 115 Å². The van der Waals surface area contributed by atoms with Crippen molar-refractivity contribution in [1.82, 2.24) is 0 Å². The van der Waals surface area contributed by atoms with Crippen LogP contribution in [0.4, 0.5) is 0 Å². The monoisotopic (exact) mass is 598 g/mol. The lowest BCUT2D eigenvalue weighted by Crippen LogP contribution is -2.51. The van der Waals surface area contributed by atoms with Crippen LogP contribution in [0.5, 0.6) is 0 Å². The Labute approximate surface area is 255 Å². The molecule has 2 saturated heterocycles. The van der Waals surface area contributed by atoms with Crippen molar-refractivity contribution in [2.45, 2.75) is 150 Å². The number of carboxylic acid groups (broad SMARTS) is 2. The third-order valence-corrected chi connectivity index (χ3v) is 10.4. The minimum Gasteiger partial charge on any atom is -0.481 e. The van der Waals surface area contributed by atoms with E-state index in [4.69, 9.17) is 18.9 Å². The summed E-state index contributed by atoms with van der Waals surface area (Å²) < 4.78 is 26.5. The van der Waals surface area contributed by atoms with Gasteiger partial charge in [-0.15, -0.1) is 0 Å². The lowest BCUT2D eigenvalue weighted by Gasteiger charge is -2.47. The molecule has 10 atom stereocenters. The summed E-state index contributed by atoms with van der Waals surface area (Å²) in [5.41, 5.74) is -1.32. The van der Waals surface area contributed by atoms with E-state index in [1.807, 2.05) is 0 Å². The highest BCUT2D eigenvalue weighted by atomic mass is 16.7. The SMILES string of the molecule is CCC(C)C(C(C)C)C(C)(CCC(=O)O)O[C@@H]1CO[C@H]2[C@@H]1OC[C@H]2OC(C)(CCC(=O)O)C(C(C)C)C(CC)C(C)C. The van der Waals surface area contributed by atoms with E-state index in [0.717, 1.165) is 12.8 Å². The number of rotatable bonds is 19. The molecule has 6 unspecified atom stereocenters. The third-order valence-electron chi connectivity index (χ3n) is 10.4. The summed E-state index contributed by atoms with van der Waals surface area (Å²) in [4.78, 5) is 23.3. The molecule has 2 rings (SSSR count). The molecule has 8 heteroatoms. The molecule has 42 heavy (non-hydrogen) atoms. The van der Waals surface area contributed by atoms with Gasteiger partial charge in [0.25, 0.3) is 0 Å². The number of carbonyl (C=O) groups is 2. The van der Waals surface area contributed by atoms with Crippen LogP contribution >= 0.6 is 0 Å². The largest absolute Gasteiger partial charge is 0.481 e.